The molecule has 1 aliphatic rings. The largest absolute Gasteiger partial charge is 0.444 e. The first-order chi connectivity index (χ1) is 10.9. The molecule has 2 atom stereocenters. The molecule has 0 saturated carbocycles. The number of carbonyl (C=O) groups is 1. The number of alkyl carbamates (subject to hydrolysis) is 1. The van der Waals surface area contributed by atoms with Crippen molar-refractivity contribution in [3.8, 4) is 0 Å². The molecule has 23 heavy (non-hydrogen) atoms. The first-order valence-electron chi connectivity index (χ1n) is 8.50. The van der Waals surface area contributed by atoms with Crippen LogP contribution in [0, 0.1) is 0 Å². The van der Waals surface area contributed by atoms with Crippen molar-refractivity contribution in [2.24, 2.45) is 0 Å². The summed E-state index contributed by atoms with van der Waals surface area (Å²) in [7, 11) is 0. The van der Waals surface area contributed by atoms with Crippen LogP contribution in [0.1, 0.15) is 58.7 Å². The van der Waals surface area contributed by atoms with Gasteiger partial charge in [-0.05, 0) is 59.2 Å². The minimum absolute atomic E-state index is 0.252. The van der Waals surface area contributed by atoms with E-state index < -0.39 is 5.60 Å². The highest BCUT2D eigenvalue weighted by molar-refractivity contribution is 5.67. The van der Waals surface area contributed by atoms with E-state index in [1.165, 1.54) is 12.8 Å². The second-order valence-corrected chi connectivity index (χ2v) is 7.20. The lowest BCUT2D eigenvalue weighted by Crippen LogP contribution is -2.48. The zero-order valence-electron chi connectivity index (χ0n) is 14.7. The van der Waals surface area contributed by atoms with Crippen molar-refractivity contribution in [2.75, 3.05) is 13.1 Å². The Morgan fingerprint density at radius 1 is 1.43 bits per heavy atom. The van der Waals surface area contributed by atoms with Crippen molar-refractivity contribution in [3.05, 3.63) is 30.1 Å². The molecule has 1 aromatic rings. The van der Waals surface area contributed by atoms with Gasteiger partial charge in [0, 0.05) is 24.8 Å². The predicted molar refractivity (Wildman–Crippen MR) is 91.2 cm³/mol. The lowest BCUT2D eigenvalue weighted by molar-refractivity contribution is 0.0470. The van der Waals surface area contributed by atoms with Crippen LogP contribution in [0.2, 0.25) is 0 Å². The molecule has 1 saturated heterocycles. The van der Waals surface area contributed by atoms with Crippen molar-refractivity contribution < 1.29 is 9.53 Å². The van der Waals surface area contributed by atoms with Crippen molar-refractivity contribution in [1.29, 1.82) is 0 Å². The highest BCUT2D eigenvalue weighted by Gasteiger charge is 2.28. The third-order valence-electron chi connectivity index (χ3n) is 4.17. The van der Waals surface area contributed by atoms with Gasteiger partial charge in [-0.3, -0.25) is 9.88 Å². The van der Waals surface area contributed by atoms with Gasteiger partial charge in [0.05, 0.1) is 5.69 Å². The Morgan fingerprint density at radius 2 is 2.22 bits per heavy atom. The summed E-state index contributed by atoms with van der Waals surface area (Å²) in [5.41, 5.74) is 0.620. The van der Waals surface area contributed by atoms with Crippen molar-refractivity contribution in [1.82, 2.24) is 15.2 Å². The fraction of sp³-hybridized carbons (Fsp3) is 0.667. The maximum atomic E-state index is 11.9. The van der Waals surface area contributed by atoms with Gasteiger partial charge in [0.1, 0.15) is 5.60 Å². The first kappa shape index (κ1) is 17.7. The fourth-order valence-corrected chi connectivity index (χ4v) is 3.06. The summed E-state index contributed by atoms with van der Waals surface area (Å²) in [6, 6.07) is 6.61. The van der Waals surface area contributed by atoms with Crippen molar-refractivity contribution in [2.45, 2.75) is 64.6 Å². The maximum Gasteiger partial charge on any atom is 0.407 e. The molecule has 0 aliphatic carbocycles. The van der Waals surface area contributed by atoms with Crippen molar-refractivity contribution >= 4 is 6.09 Å². The van der Waals surface area contributed by atoms with Crippen LogP contribution in [0.25, 0.3) is 0 Å². The summed E-state index contributed by atoms with van der Waals surface area (Å²) >= 11 is 0. The smallest absolute Gasteiger partial charge is 0.407 e. The molecule has 5 heteroatoms. The summed E-state index contributed by atoms with van der Waals surface area (Å²) in [6.07, 6.45) is 4.98. The van der Waals surface area contributed by atoms with E-state index in [4.69, 9.17) is 4.74 Å². The van der Waals surface area contributed by atoms with Gasteiger partial charge < -0.3 is 10.1 Å². The second-order valence-electron chi connectivity index (χ2n) is 7.20. The Morgan fingerprint density at radius 3 is 2.87 bits per heavy atom. The number of hydrogen-bond donors (Lipinski definition) is 1. The van der Waals surface area contributed by atoms with Crippen LogP contribution in [0.15, 0.2) is 24.4 Å². The number of nitrogens with zero attached hydrogens (tertiary/aromatic N) is 2. The average Bonchev–Trinajstić information content (AvgIpc) is 2.52. The summed E-state index contributed by atoms with van der Waals surface area (Å²) in [4.78, 5) is 18.8. The van der Waals surface area contributed by atoms with Crippen LogP contribution in [0.4, 0.5) is 4.79 Å². The van der Waals surface area contributed by atoms with Crippen LogP contribution in [0.5, 0.6) is 0 Å². The second kappa shape index (κ2) is 7.77. The zero-order chi connectivity index (χ0) is 16.9. The Labute approximate surface area is 139 Å². The lowest BCUT2D eigenvalue weighted by Gasteiger charge is -2.39. The number of nitrogens with one attached hydrogen (secondary N) is 1. The Balaban J connectivity index is 1.94. The van der Waals surface area contributed by atoms with Gasteiger partial charge in [-0.1, -0.05) is 12.5 Å². The van der Waals surface area contributed by atoms with Crippen LogP contribution in [0.3, 0.4) is 0 Å². The number of carbonyl (C=O) groups excluding carboxylic acids is 1. The molecule has 1 aliphatic heterocycles. The molecule has 1 fully saturated rings. The standard InChI is InChI=1S/C18H29N3O2/c1-14(16-10-5-7-11-19-16)21-12-8-6-9-15(21)13-20-17(22)23-18(2,3)4/h5,7,10-11,14-15H,6,8-9,12-13H2,1-4H3,(H,20,22)/t14-,15+/m0/s1. The number of hydrogen-bond acceptors (Lipinski definition) is 4. The monoisotopic (exact) mass is 319 g/mol. The molecule has 0 aromatic carbocycles. The third-order valence-corrected chi connectivity index (χ3v) is 4.17. The van der Waals surface area contributed by atoms with E-state index in [2.05, 4.69) is 28.2 Å². The molecule has 1 amide bonds. The number of amides is 1. The average molecular weight is 319 g/mol. The molecular formula is C18H29N3O2. The van der Waals surface area contributed by atoms with E-state index in [9.17, 15) is 4.79 Å². The number of ether oxygens (including phenoxy) is 1. The molecule has 0 radical (unpaired) electrons. The maximum absolute atomic E-state index is 11.9. The van der Waals surface area contributed by atoms with Gasteiger partial charge in [-0.15, -0.1) is 0 Å². The van der Waals surface area contributed by atoms with E-state index >= 15 is 0 Å². The van der Waals surface area contributed by atoms with E-state index in [0.717, 1.165) is 18.7 Å². The molecule has 1 aromatic heterocycles. The van der Waals surface area contributed by atoms with E-state index in [1.54, 1.807) is 0 Å². The molecule has 2 rings (SSSR count). The minimum Gasteiger partial charge on any atom is -0.444 e. The zero-order valence-corrected chi connectivity index (χ0v) is 14.7. The van der Waals surface area contributed by atoms with Crippen LogP contribution in [-0.2, 0) is 4.74 Å². The fourth-order valence-electron chi connectivity index (χ4n) is 3.06. The van der Waals surface area contributed by atoms with Crippen molar-refractivity contribution in [3.63, 3.8) is 0 Å². The van der Waals surface area contributed by atoms with E-state index in [0.29, 0.717) is 12.6 Å². The minimum atomic E-state index is -0.461. The molecule has 128 valence electrons. The SMILES string of the molecule is C[C@@H](c1ccccn1)N1CCCC[C@@H]1CNC(=O)OC(C)(C)C. The van der Waals surface area contributed by atoms with Gasteiger partial charge >= 0.3 is 6.09 Å². The molecule has 5 nitrogen and oxygen atoms in total. The van der Waals surface area contributed by atoms with Gasteiger partial charge in [0.25, 0.3) is 0 Å². The summed E-state index contributed by atoms with van der Waals surface area (Å²) in [5.74, 6) is 0. The number of aromatic nitrogens is 1. The molecule has 0 bridgehead atoms. The highest BCUT2D eigenvalue weighted by Crippen LogP contribution is 2.27. The van der Waals surface area contributed by atoms with E-state index in [1.807, 2.05) is 39.1 Å². The molecule has 0 spiro atoms. The van der Waals surface area contributed by atoms with Gasteiger partial charge in [0.2, 0.25) is 0 Å². The van der Waals surface area contributed by atoms with Gasteiger partial charge in [-0.2, -0.15) is 0 Å². The van der Waals surface area contributed by atoms with Crippen LogP contribution in [-0.4, -0.2) is 40.7 Å². The molecule has 0 unspecified atom stereocenters. The van der Waals surface area contributed by atoms with Crippen LogP contribution < -0.4 is 5.32 Å². The number of likely N-dealkylation sites (tertiary alicyclic amines) is 1. The first-order valence-corrected chi connectivity index (χ1v) is 8.50. The topological polar surface area (TPSA) is 54.5 Å². The summed E-state index contributed by atoms with van der Waals surface area (Å²) < 4.78 is 5.33. The molecule has 1 N–H and O–H groups in total. The Hall–Kier alpha value is -1.62. The van der Waals surface area contributed by atoms with E-state index in [-0.39, 0.29) is 12.1 Å². The Bertz CT molecular complexity index is 499. The third kappa shape index (κ3) is 5.50. The highest BCUT2D eigenvalue weighted by atomic mass is 16.6. The van der Waals surface area contributed by atoms with Gasteiger partial charge in [0.15, 0.2) is 0 Å². The van der Waals surface area contributed by atoms with Crippen LogP contribution >= 0.6 is 0 Å². The van der Waals surface area contributed by atoms with Gasteiger partial charge in [-0.25, -0.2) is 4.79 Å². The number of pyridine rings is 1. The lowest BCUT2D eigenvalue weighted by atomic mass is 9.99. The summed E-state index contributed by atoms with van der Waals surface area (Å²) in [5, 5.41) is 2.92. The normalized spacial score (nSPS) is 20.8. The molecule has 2 heterocycles. The predicted octanol–water partition coefficient (Wildman–Crippen LogP) is 3.52. The molecular weight excluding hydrogens is 290 g/mol. The number of rotatable bonds is 4. The quantitative estimate of drug-likeness (QED) is 0.922. The number of piperidine rings is 1. The summed E-state index contributed by atoms with van der Waals surface area (Å²) in [6.45, 7) is 9.48. The Kier molecular flexibility index (Phi) is 5.99.